The van der Waals surface area contributed by atoms with Gasteiger partial charge in [0.05, 0.1) is 0 Å². The van der Waals surface area contributed by atoms with Crippen molar-refractivity contribution in [3.63, 3.8) is 0 Å². The molecule has 0 aromatic rings. The van der Waals surface area contributed by atoms with Gasteiger partial charge in [0.15, 0.2) is 0 Å². The van der Waals surface area contributed by atoms with E-state index in [1.807, 2.05) is 16.7 Å². The second-order valence-electron chi connectivity index (χ2n) is 6.20. The van der Waals surface area contributed by atoms with E-state index in [-0.39, 0.29) is 18.4 Å². The SMILES string of the molecule is CSC1CCCC(NC(=O)N2CCC(CC(=O)O)CC2)C1. The fourth-order valence-electron chi connectivity index (χ4n) is 3.34. The van der Waals surface area contributed by atoms with Gasteiger partial charge in [-0.25, -0.2) is 4.79 Å². The number of likely N-dealkylation sites (tertiary alicyclic amines) is 1. The number of thioether (sulfide) groups is 1. The van der Waals surface area contributed by atoms with Gasteiger partial charge in [-0.3, -0.25) is 4.79 Å². The summed E-state index contributed by atoms with van der Waals surface area (Å²) in [6, 6.07) is 0.343. The molecule has 2 unspecified atom stereocenters. The first-order valence-electron chi connectivity index (χ1n) is 7.88. The van der Waals surface area contributed by atoms with E-state index in [0.717, 1.165) is 25.7 Å². The maximum absolute atomic E-state index is 12.3. The minimum absolute atomic E-state index is 0.0375. The first-order chi connectivity index (χ1) is 10.1. The monoisotopic (exact) mass is 314 g/mol. The summed E-state index contributed by atoms with van der Waals surface area (Å²) in [5.74, 6) is -0.509. The van der Waals surface area contributed by atoms with Crippen LogP contribution in [0.15, 0.2) is 0 Å². The Morgan fingerprint density at radius 3 is 2.57 bits per heavy atom. The summed E-state index contributed by atoms with van der Waals surface area (Å²) >= 11 is 1.90. The van der Waals surface area contributed by atoms with Crippen molar-refractivity contribution < 1.29 is 14.7 Å². The zero-order valence-corrected chi connectivity index (χ0v) is 13.5. The van der Waals surface area contributed by atoms with Crippen LogP contribution in [0.5, 0.6) is 0 Å². The van der Waals surface area contributed by atoms with Gasteiger partial charge in [-0.1, -0.05) is 6.42 Å². The molecule has 1 aliphatic heterocycles. The van der Waals surface area contributed by atoms with Gasteiger partial charge in [0.1, 0.15) is 0 Å². The molecule has 0 aromatic carbocycles. The van der Waals surface area contributed by atoms with Crippen molar-refractivity contribution in [3.05, 3.63) is 0 Å². The summed E-state index contributed by atoms with van der Waals surface area (Å²) in [6.45, 7) is 1.37. The summed E-state index contributed by atoms with van der Waals surface area (Å²) in [5.41, 5.74) is 0. The second kappa shape index (κ2) is 7.92. The van der Waals surface area contributed by atoms with Crippen LogP contribution in [0.2, 0.25) is 0 Å². The normalized spacial score (nSPS) is 27.4. The molecule has 1 heterocycles. The van der Waals surface area contributed by atoms with Gasteiger partial charge in [-0.15, -0.1) is 0 Å². The Kier molecular flexibility index (Phi) is 6.21. The number of nitrogens with zero attached hydrogens (tertiary/aromatic N) is 1. The molecule has 21 heavy (non-hydrogen) atoms. The fourth-order valence-corrected chi connectivity index (χ4v) is 4.17. The lowest BCUT2D eigenvalue weighted by Crippen LogP contribution is -2.49. The van der Waals surface area contributed by atoms with Crippen molar-refractivity contribution in [1.29, 1.82) is 0 Å². The van der Waals surface area contributed by atoms with Gasteiger partial charge in [0, 0.05) is 30.8 Å². The molecule has 2 N–H and O–H groups in total. The number of carbonyl (C=O) groups is 2. The van der Waals surface area contributed by atoms with Gasteiger partial charge < -0.3 is 15.3 Å². The van der Waals surface area contributed by atoms with Crippen molar-refractivity contribution in [2.45, 2.75) is 56.2 Å². The molecular formula is C15H26N2O3S. The molecule has 1 aliphatic carbocycles. The highest BCUT2D eigenvalue weighted by atomic mass is 32.2. The van der Waals surface area contributed by atoms with Crippen molar-refractivity contribution in [3.8, 4) is 0 Å². The van der Waals surface area contributed by atoms with Crippen molar-refractivity contribution in [2.75, 3.05) is 19.3 Å². The predicted molar refractivity (Wildman–Crippen MR) is 84.6 cm³/mol. The molecule has 2 atom stereocenters. The molecule has 2 fully saturated rings. The smallest absolute Gasteiger partial charge is 0.317 e. The fraction of sp³-hybridized carbons (Fsp3) is 0.867. The molecular weight excluding hydrogens is 288 g/mol. The van der Waals surface area contributed by atoms with Gasteiger partial charge in [-0.2, -0.15) is 11.8 Å². The first kappa shape index (κ1) is 16.5. The molecule has 120 valence electrons. The number of piperidine rings is 1. The number of carbonyl (C=O) groups excluding carboxylic acids is 1. The van der Waals surface area contributed by atoms with E-state index in [4.69, 9.17) is 5.11 Å². The number of amides is 2. The molecule has 2 amide bonds. The molecule has 0 aromatic heterocycles. The van der Waals surface area contributed by atoms with Crippen LogP contribution in [-0.2, 0) is 4.79 Å². The molecule has 2 rings (SSSR count). The molecule has 1 saturated heterocycles. The topological polar surface area (TPSA) is 69.6 Å². The molecule has 5 nitrogen and oxygen atoms in total. The number of aliphatic carboxylic acids is 1. The first-order valence-corrected chi connectivity index (χ1v) is 9.17. The number of urea groups is 1. The van der Waals surface area contributed by atoms with Gasteiger partial charge >= 0.3 is 12.0 Å². The van der Waals surface area contributed by atoms with Crippen molar-refractivity contribution in [2.24, 2.45) is 5.92 Å². The van der Waals surface area contributed by atoms with E-state index in [9.17, 15) is 9.59 Å². The van der Waals surface area contributed by atoms with Crippen LogP contribution in [-0.4, -0.2) is 52.6 Å². The number of rotatable bonds is 4. The zero-order chi connectivity index (χ0) is 15.2. The number of nitrogens with one attached hydrogen (secondary N) is 1. The summed E-state index contributed by atoms with van der Waals surface area (Å²) in [7, 11) is 0. The number of carboxylic acid groups (broad SMARTS) is 1. The Bertz CT molecular complexity index is 370. The minimum atomic E-state index is -0.733. The largest absolute Gasteiger partial charge is 0.481 e. The zero-order valence-electron chi connectivity index (χ0n) is 12.7. The number of hydrogen-bond donors (Lipinski definition) is 2. The van der Waals surface area contributed by atoms with Gasteiger partial charge in [0.2, 0.25) is 0 Å². The summed E-state index contributed by atoms with van der Waals surface area (Å²) in [6.07, 6.45) is 8.58. The Morgan fingerprint density at radius 1 is 1.24 bits per heavy atom. The standard InChI is InChI=1S/C15H26N2O3S/c1-21-13-4-2-3-12(10-13)16-15(20)17-7-5-11(6-8-17)9-14(18)19/h11-13H,2-10H2,1H3,(H,16,20)(H,18,19). The second-order valence-corrected chi connectivity index (χ2v) is 7.34. The van der Waals surface area contributed by atoms with Crippen LogP contribution in [0, 0.1) is 5.92 Å². The van der Waals surface area contributed by atoms with Crippen LogP contribution in [0.25, 0.3) is 0 Å². The van der Waals surface area contributed by atoms with Crippen molar-refractivity contribution in [1.82, 2.24) is 10.2 Å². The molecule has 2 aliphatic rings. The Hall–Kier alpha value is -0.910. The van der Waals surface area contributed by atoms with Crippen LogP contribution in [0.1, 0.15) is 44.9 Å². The van der Waals surface area contributed by atoms with E-state index in [0.29, 0.717) is 24.4 Å². The number of carboxylic acids is 1. The Morgan fingerprint density at radius 2 is 1.95 bits per heavy atom. The quantitative estimate of drug-likeness (QED) is 0.837. The lowest BCUT2D eigenvalue weighted by atomic mass is 9.93. The molecule has 0 radical (unpaired) electrons. The Labute approximate surface area is 130 Å². The predicted octanol–water partition coefficient (Wildman–Crippen LogP) is 2.56. The summed E-state index contributed by atoms with van der Waals surface area (Å²) in [5, 5.41) is 12.6. The third-order valence-electron chi connectivity index (χ3n) is 4.65. The minimum Gasteiger partial charge on any atom is -0.481 e. The van der Waals surface area contributed by atoms with Crippen LogP contribution >= 0.6 is 11.8 Å². The van der Waals surface area contributed by atoms with Crippen molar-refractivity contribution >= 4 is 23.8 Å². The van der Waals surface area contributed by atoms with Crippen LogP contribution in [0.3, 0.4) is 0 Å². The average Bonchev–Trinajstić information content (AvgIpc) is 2.47. The number of hydrogen-bond acceptors (Lipinski definition) is 3. The highest BCUT2D eigenvalue weighted by molar-refractivity contribution is 7.99. The van der Waals surface area contributed by atoms with E-state index in [1.54, 1.807) is 0 Å². The van der Waals surface area contributed by atoms with E-state index in [2.05, 4.69) is 11.6 Å². The van der Waals surface area contributed by atoms with E-state index < -0.39 is 5.97 Å². The maximum Gasteiger partial charge on any atom is 0.317 e. The van der Waals surface area contributed by atoms with E-state index >= 15 is 0 Å². The van der Waals surface area contributed by atoms with Crippen LogP contribution in [0.4, 0.5) is 4.79 Å². The molecule has 0 spiro atoms. The highest BCUT2D eigenvalue weighted by Gasteiger charge is 2.27. The third-order valence-corrected chi connectivity index (χ3v) is 5.75. The lowest BCUT2D eigenvalue weighted by molar-refractivity contribution is -0.138. The van der Waals surface area contributed by atoms with Gasteiger partial charge in [0.25, 0.3) is 0 Å². The lowest BCUT2D eigenvalue weighted by Gasteiger charge is -2.34. The molecule has 0 bridgehead atoms. The van der Waals surface area contributed by atoms with Gasteiger partial charge in [-0.05, 0) is 44.3 Å². The molecule has 6 heteroatoms. The molecule has 1 saturated carbocycles. The average molecular weight is 314 g/mol. The Balaban J connectivity index is 1.73. The summed E-state index contributed by atoms with van der Waals surface area (Å²) in [4.78, 5) is 24.8. The maximum atomic E-state index is 12.3. The highest BCUT2D eigenvalue weighted by Crippen LogP contribution is 2.27. The van der Waals surface area contributed by atoms with Crippen LogP contribution < -0.4 is 5.32 Å². The third kappa shape index (κ3) is 5.09. The van der Waals surface area contributed by atoms with E-state index in [1.165, 1.54) is 12.8 Å². The summed E-state index contributed by atoms with van der Waals surface area (Å²) < 4.78 is 0.